The molecule has 2 heterocycles. The van der Waals surface area contributed by atoms with Crippen LogP contribution < -0.4 is 15.5 Å². The Labute approximate surface area is 229 Å². The average Bonchev–Trinajstić information content (AvgIpc) is 3.80. The van der Waals surface area contributed by atoms with Gasteiger partial charge in [-0.15, -0.1) is 0 Å². The molecule has 1 aliphatic heterocycles. The third kappa shape index (κ3) is 5.58. The van der Waals surface area contributed by atoms with E-state index in [-0.39, 0.29) is 12.6 Å². The summed E-state index contributed by atoms with van der Waals surface area (Å²) < 4.78 is 40.3. The van der Waals surface area contributed by atoms with Crippen LogP contribution >= 0.6 is 10.6 Å². The van der Waals surface area contributed by atoms with Crippen LogP contribution in [0.25, 0.3) is 11.4 Å². The van der Waals surface area contributed by atoms with Gasteiger partial charge < -0.3 is 20.3 Å². The third-order valence-electron chi connectivity index (χ3n) is 7.27. The molecule has 1 atom stereocenters. The van der Waals surface area contributed by atoms with Crippen LogP contribution in [0.5, 0.6) is 0 Å². The molecule has 0 unspecified atom stereocenters. The van der Waals surface area contributed by atoms with Crippen LogP contribution in [-0.4, -0.2) is 64.1 Å². The molecule has 1 saturated heterocycles. The van der Waals surface area contributed by atoms with Gasteiger partial charge in [-0.3, -0.25) is 9.11 Å². The summed E-state index contributed by atoms with van der Waals surface area (Å²) in [6.07, 6.45) is 2.10. The summed E-state index contributed by atoms with van der Waals surface area (Å²) in [7, 11) is -3.19. The molecule has 208 valence electrons. The third-order valence-corrected chi connectivity index (χ3v) is 9.91. The zero-order chi connectivity index (χ0) is 27.5. The molecule has 0 spiro atoms. The molecule has 5 rings (SSSR count). The van der Waals surface area contributed by atoms with Crippen LogP contribution in [0.15, 0.2) is 65.6 Å². The Kier molecular flexibility index (Phi) is 8.03. The number of amides is 2. The summed E-state index contributed by atoms with van der Waals surface area (Å²) in [6.45, 7) is 3.27. The second-order valence-electron chi connectivity index (χ2n) is 9.77. The van der Waals surface area contributed by atoms with Gasteiger partial charge in [0.05, 0.1) is 29.8 Å². The fraction of sp³-hybridized carbons (Fsp3) is 0.393. The van der Waals surface area contributed by atoms with E-state index in [1.807, 2.05) is 24.3 Å². The summed E-state index contributed by atoms with van der Waals surface area (Å²) in [6, 6.07) is 17.6. The molecule has 1 aromatic heterocycles. The Hall–Kier alpha value is -3.25. The first-order valence-corrected chi connectivity index (χ1v) is 14.7. The molecule has 2 aliphatic rings. The van der Waals surface area contributed by atoms with E-state index in [9.17, 15) is 18.3 Å². The van der Waals surface area contributed by atoms with Crippen molar-refractivity contribution >= 4 is 28.1 Å². The lowest BCUT2D eigenvalue weighted by molar-refractivity contribution is 0.0925. The van der Waals surface area contributed by atoms with E-state index in [4.69, 9.17) is 14.7 Å². The van der Waals surface area contributed by atoms with Crippen LogP contribution in [0.2, 0.25) is 0 Å². The van der Waals surface area contributed by atoms with Crippen molar-refractivity contribution in [2.24, 2.45) is 0 Å². The number of ether oxygens (including phenoxy) is 1. The SMILES string of the molecule is CC[C@H]1COCCN1c1cc(C2(S(O)(O)c3ccccc3)CC2)nc(-c2ccc(NC(=O)NCCF)cc2)n1. The lowest BCUT2D eigenvalue weighted by Crippen LogP contribution is -2.45. The topological polar surface area (TPSA) is 120 Å². The van der Waals surface area contributed by atoms with Crippen LogP contribution in [-0.2, 0) is 9.48 Å². The molecule has 0 bridgehead atoms. The van der Waals surface area contributed by atoms with Crippen molar-refractivity contribution in [3.8, 4) is 11.4 Å². The monoisotopic (exact) mass is 555 g/mol. The summed E-state index contributed by atoms with van der Waals surface area (Å²) in [5, 5.41) is 5.10. The maximum absolute atomic E-state index is 12.3. The fourth-order valence-corrected chi connectivity index (χ4v) is 6.97. The number of carbonyl (C=O) groups is 1. The van der Waals surface area contributed by atoms with Gasteiger partial charge >= 0.3 is 6.03 Å². The quantitative estimate of drug-likeness (QED) is 0.269. The van der Waals surface area contributed by atoms with Gasteiger partial charge in [0.2, 0.25) is 0 Å². The molecule has 0 radical (unpaired) electrons. The molecule has 1 saturated carbocycles. The fourth-order valence-electron chi connectivity index (χ4n) is 4.91. The van der Waals surface area contributed by atoms with Gasteiger partial charge in [0.25, 0.3) is 0 Å². The predicted octanol–water partition coefficient (Wildman–Crippen LogP) is 5.65. The number of benzene rings is 2. The summed E-state index contributed by atoms with van der Waals surface area (Å²) in [5.41, 5.74) is 1.88. The van der Waals surface area contributed by atoms with E-state index in [2.05, 4.69) is 22.5 Å². The van der Waals surface area contributed by atoms with Crippen LogP contribution in [0.4, 0.5) is 20.7 Å². The minimum absolute atomic E-state index is 0.0580. The number of carbonyl (C=O) groups excluding carboxylic acids is 1. The Morgan fingerprint density at radius 1 is 1.15 bits per heavy atom. The minimum Gasteiger partial charge on any atom is -0.377 e. The number of urea groups is 1. The highest BCUT2D eigenvalue weighted by molar-refractivity contribution is 8.25. The number of rotatable bonds is 9. The van der Waals surface area contributed by atoms with Crippen molar-refractivity contribution in [2.45, 2.75) is 41.9 Å². The Balaban J connectivity index is 1.53. The van der Waals surface area contributed by atoms with E-state index < -0.39 is 28.0 Å². The highest BCUT2D eigenvalue weighted by atomic mass is 32.3. The van der Waals surface area contributed by atoms with E-state index in [0.29, 0.717) is 54.7 Å². The van der Waals surface area contributed by atoms with Crippen molar-refractivity contribution in [2.75, 3.05) is 43.2 Å². The van der Waals surface area contributed by atoms with Crippen LogP contribution in [0.1, 0.15) is 31.9 Å². The van der Waals surface area contributed by atoms with Crippen molar-refractivity contribution < 1.29 is 23.0 Å². The molecule has 9 nitrogen and oxygen atoms in total. The van der Waals surface area contributed by atoms with Gasteiger partial charge in [0.1, 0.15) is 17.2 Å². The first-order chi connectivity index (χ1) is 18.9. The number of nitrogens with zero attached hydrogens (tertiary/aromatic N) is 3. The number of alkyl halides is 1. The number of anilines is 2. The maximum Gasteiger partial charge on any atom is 0.319 e. The minimum atomic E-state index is -3.19. The Morgan fingerprint density at radius 3 is 2.56 bits per heavy atom. The van der Waals surface area contributed by atoms with Crippen molar-refractivity contribution in [1.29, 1.82) is 0 Å². The largest absolute Gasteiger partial charge is 0.377 e. The lowest BCUT2D eigenvalue weighted by atomic mass is 10.1. The molecule has 2 fully saturated rings. The molecule has 1 aliphatic carbocycles. The molecule has 2 aromatic carbocycles. The first-order valence-electron chi connectivity index (χ1n) is 13.2. The number of aromatic nitrogens is 2. The molecule has 2 amide bonds. The van der Waals surface area contributed by atoms with E-state index >= 15 is 0 Å². The normalized spacial score (nSPS) is 18.9. The first kappa shape index (κ1) is 27.3. The molecular formula is C28H34FN5O4S. The molecule has 11 heteroatoms. The van der Waals surface area contributed by atoms with Gasteiger partial charge in [-0.25, -0.2) is 19.2 Å². The number of hydrogen-bond donors (Lipinski definition) is 4. The zero-order valence-electron chi connectivity index (χ0n) is 21.8. The number of halogens is 1. The maximum atomic E-state index is 12.3. The van der Waals surface area contributed by atoms with Crippen molar-refractivity contribution in [3.63, 3.8) is 0 Å². The molecular weight excluding hydrogens is 521 g/mol. The predicted molar refractivity (Wildman–Crippen MR) is 151 cm³/mol. The zero-order valence-corrected chi connectivity index (χ0v) is 22.7. The van der Waals surface area contributed by atoms with Crippen molar-refractivity contribution in [1.82, 2.24) is 15.3 Å². The van der Waals surface area contributed by atoms with E-state index in [0.717, 1.165) is 17.8 Å². The van der Waals surface area contributed by atoms with E-state index in [1.165, 1.54) is 0 Å². The number of morpholine rings is 1. The summed E-state index contributed by atoms with van der Waals surface area (Å²) >= 11 is 0. The standard InChI is InChI=1S/C28H34FN5O4S/c1-2-22-19-38-17-16-34(22)25-18-24(28(12-13-28)39(36,37)23-6-4-3-5-7-23)32-26(33-25)20-8-10-21(11-9-20)31-27(35)30-15-14-29/h3-11,18,22,36-37H,2,12-17,19H2,1H3,(H2,30,31,35)/t22-/m0/s1. The number of nitrogens with one attached hydrogen (secondary N) is 2. The highest BCUT2D eigenvalue weighted by Gasteiger charge is 2.57. The highest BCUT2D eigenvalue weighted by Crippen LogP contribution is 2.75. The van der Waals surface area contributed by atoms with Gasteiger partial charge in [-0.1, -0.05) is 25.1 Å². The van der Waals surface area contributed by atoms with E-state index in [1.54, 1.807) is 36.4 Å². The number of hydrogen-bond acceptors (Lipinski definition) is 7. The average molecular weight is 556 g/mol. The lowest BCUT2D eigenvalue weighted by Gasteiger charge is -2.41. The Morgan fingerprint density at radius 2 is 1.90 bits per heavy atom. The Bertz CT molecular complexity index is 1290. The summed E-state index contributed by atoms with van der Waals surface area (Å²) in [5.74, 6) is 1.19. The van der Waals surface area contributed by atoms with Gasteiger partial charge in [-0.2, -0.15) is 10.6 Å². The molecule has 4 N–H and O–H groups in total. The second kappa shape index (κ2) is 11.5. The molecule has 3 aromatic rings. The van der Waals surface area contributed by atoms with Gasteiger partial charge in [0, 0.05) is 30.4 Å². The summed E-state index contributed by atoms with van der Waals surface area (Å²) in [4.78, 5) is 24.4. The van der Waals surface area contributed by atoms with Gasteiger partial charge in [-0.05, 0) is 55.7 Å². The van der Waals surface area contributed by atoms with Crippen molar-refractivity contribution in [3.05, 3.63) is 66.4 Å². The van der Waals surface area contributed by atoms with Gasteiger partial charge in [0.15, 0.2) is 5.82 Å². The van der Waals surface area contributed by atoms with Crippen LogP contribution in [0, 0.1) is 0 Å². The van der Waals surface area contributed by atoms with Crippen LogP contribution in [0.3, 0.4) is 0 Å². The smallest absolute Gasteiger partial charge is 0.319 e. The molecule has 39 heavy (non-hydrogen) atoms. The second-order valence-corrected chi connectivity index (χ2v) is 12.1.